The van der Waals surface area contributed by atoms with E-state index in [-0.39, 0.29) is 5.41 Å². The first-order valence-electron chi connectivity index (χ1n) is 8.40. The average molecular weight is 290 g/mol. The van der Waals surface area contributed by atoms with Gasteiger partial charge in [0.05, 0.1) is 0 Å². The third-order valence-corrected chi connectivity index (χ3v) is 5.80. The molecule has 1 heteroatoms. The van der Waals surface area contributed by atoms with Gasteiger partial charge in [-0.2, -0.15) is 0 Å². The number of benzene rings is 2. The van der Waals surface area contributed by atoms with Crippen LogP contribution in [-0.2, 0) is 17.6 Å². The van der Waals surface area contributed by atoms with Gasteiger partial charge < -0.3 is 0 Å². The van der Waals surface area contributed by atoms with Crippen molar-refractivity contribution in [2.45, 2.75) is 32.1 Å². The molecule has 2 bridgehead atoms. The Bertz CT molecular complexity index is 617. The van der Waals surface area contributed by atoms with Crippen LogP contribution >= 0.6 is 0 Å². The summed E-state index contributed by atoms with van der Waals surface area (Å²) in [5.41, 5.74) is 2.45. The summed E-state index contributed by atoms with van der Waals surface area (Å²) in [4.78, 5) is 13.1. The van der Waals surface area contributed by atoms with Crippen LogP contribution in [-0.4, -0.2) is 5.78 Å². The summed E-state index contributed by atoms with van der Waals surface area (Å²) < 4.78 is 0. The van der Waals surface area contributed by atoms with Gasteiger partial charge in [-0.05, 0) is 49.1 Å². The summed E-state index contributed by atoms with van der Waals surface area (Å²) in [5.74, 6) is 1.44. The van der Waals surface area contributed by atoms with Crippen molar-refractivity contribution in [2.75, 3.05) is 0 Å². The predicted molar refractivity (Wildman–Crippen MR) is 88.6 cm³/mol. The van der Waals surface area contributed by atoms with Crippen molar-refractivity contribution in [3.8, 4) is 0 Å². The Morgan fingerprint density at radius 3 is 1.82 bits per heavy atom. The molecule has 0 aliphatic heterocycles. The Kier molecular flexibility index (Phi) is 3.37. The number of ketones is 1. The van der Waals surface area contributed by atoms with E-state index in [4.69, 9.17) is 0 Å². The van der Waals surface area contributed by atoms with E-state index in [0.717, 1.165) is 25.7 Å². The molecule has 0 heterocycles. The molecule has 2 saturated carbocycles. The molecule has 2 aromatic rings. The molecule has 2 unspecified atom stereocenters. The zero-order chi connectivity index (χ0) is 15.0. The number of fused-ring (bicyclic) bond motifs is 2. The van der Waals surface area contributed by atoms with Crippen LogP contribution in [0.15, 0.2) is 60.7 Å². The second kappa shape index (κ2) is 5.39. The standard InChI is InChI=1S/C21H22O/c22-20-18-11-12-19(13-18)21(20,14-16-7-3-1-4-8-16)15-17-9-5-2-6-10-17/h1-10,18-19H,11-15H2. The van der Waals surface area contributed by atoms with Gasteiger partial charge in [0, 0.05) is 11.3 Å². The maximum atomic E-state index is 13.1. The van der Waals surface area contributed by atoms with Crippen LogP contribution in [0.4, 0.5) is 0 Å². The normalized spacial score (nSPS) is 25.5. The highest BCUT2D eigenvalue weighted by atomic mass is 16.1. The quantitative estimate of drug-likeness (QED) is 0.812. The molecule has 22 heavy (non-hydrogen) atoms. The van der Waals surface area contributed by atoms with E-state index in [0.29, 0.717) is 17.6 Å². The molecule has 2 aliphatic carbocycles. The van der Waals surface area contributed by atoms with Gasteiger partial charge in [0.25, 0.3) is 0 Å². The molecule has 0 N–H and O–H groups in total. The lowest BCUT2D eigenvalue weighted by atomic mass is 9.65. The molecule has 2 fully saturated rings. The Balaban J connectivity index is 1.70. The highest BCUT2D eigenvalue weighted by Gasteiger charge is 2.57. The summed E-state index contributed by atoms with van der Waals surface area (Å²) in [7, 11) is 0. The van der Waals surface area contributed by atoms with E-state index in [1.165, 1.54) is 17.5 Å². The van der Waals surface area contributed by atoms with E-state index in [9.17, 15) is 4.79 Å². The molecule has 0 spiro atoms. The largest absolute Gasteiger partial charge is 0.299 e. The maximum Gasteiger partial charge on any atom is 0.143 e. The molecule has 2 atom stereocenters. The maximum absolute atomic E-state index is 13.1. The molecule has 2 aliphatic rings. The van der Waals surface area contributed by atoms with Crippen molar-refractivity contribution in [2.24, 2.45) is 17.3 Å². The second-order valence-corrected chi connectivity index (χ2v) is 7.05. The number of carbonyl (C=O) groups excluding carboxylic acids is 1. The van der Waals surface area contributed by atoms with Crippen molar-refractivity contribution in [1.29, 1.82) is 0 Å². The lowest BCUT2D eigenvalue weighted by Gasteiger charge is -2.37. The first kappa shape index (κ1) is 13.8. The van der Waals surface area contributed by atoms with Gasteiger partial charge in [0.15, 0.2) is 0 Å². The SMILES string of the molecule is O=C1C2CCC(C2)C1(Cc1ccccc1)Cc1ccccc1. The summed E-state index contributed by atoms with van der Waals surface area (Å²) >= 11 is 0. The van der Waals surface area contributed by atoms with Crippen LogP contribution in [0.2, 0.25) is 0 Å². The molecule has 0 amide bonds. The van der Waals surface area contributed by atoms with Gasteiger partial charge in [-0.25, -0.2) is 0 Å². The third kappa shape index (κ3) is 2.20. The van der Waals surface area contributed by atoms with Crippen LogP contribution in [0.1, 0.15) is 30.4 Å². The average Bonchev–Trinajstić information content (AvgIpc) is 3.13. The predicted octanol–water partition coefficient (Wildman–Crippen LogP) is 4.46. The molecule has 0 radical (unpaired) electrons. The van der Waals surface area contributed by atoms with E-state index >= 15 is 0 Å². The lowest BCUT2D eigenvalue weighted by Crippen LogP contribution is -2.41. The molecule has 112 valence electrons. The minimum absolute atomic E-state index is 0.161. The van der Waals surface area contributed by atoms with Gasteiger partial charge in [-0.15, -0.1) is 0 Å². The fraction of sp³-hybridized carbons (Fsp3) is 0.381. The van der Waals surface area contributed by atoms with Gasteiger partial charge in [0.1, 0.15) is 5.78 Å². The number of hydrogen-bond acceptors (Lipinski definition) is 1. The molecule has 0 aromatic heterocycles. The highest BCUT2D eigenvalue weighted by molar-refractivity contribution is 5.91. The lowest BCUT2D eigenvalue weighted by molar-refractivity contribution is -0.132. The van der Waals surface area contributed by atoms with E-state index in [1.54, 1.807) is 0 Å². The van der Waals surface area contributed by atoms with Crippen LogP contribution in [0.3, 0.4) is 0 Å². The van der Waals surface area contributed by atoms with Crippen LogP contribution in [0, 0.1) is 17.3 Å². The van der Waals surface area contributed by atoms with Gasteiger partial charge in [0.2, 0.25) is 0 Å². The van der Waals surface area contributed by atoms with Gasteiger partial charge in [-0.3, -0.25) is 4.79 Å². The molecular formula is C21H22O. The van der Waals surface area contributed by atoms with Crippen LogP contribution in [0.5, 0.6) is 0 Å². The van der Waals surface area contributed by atoms with Crippen molar-refractivity contribution in [3.05, 3.63) is 71.8 Å². The van der Waals surface area contributed by atoms with Crippen molar-refractivity contribution in [1.82, 2.24) is 0 Å². The van der Waals surface area contributed by atoms with Gasteiger partial charge >= 0.3 is 0 Å². The number of carbonyl (C=O) groups is 1. The Labute approximate surface area is 132 Å². The second-order valence-electron chi connectivity index (χ2n) is 7.05. The highest BCUT2D eigenvalue weighted by Crippen LogP contribution is 2.56. The van der Waals surface area contributed by atoms with E-state index in [2.05, 4.69) is 60.7 Å². The molecular weight excluding hydrogens is 268 g/mol. The number of Topliss-reactive ketones (excluding diaryl/α,β-unsaturated/α-hetero) is 1. The third-order valence-electron chi connectivity index (χ3n) is 5.80. The van der Waals surface area contributed by atoms with Crippen LogP contribution in [0.25, 0.3) is 0 Å². The monoisotopic (exact) mass is 290 g/mol. The van der Waals surface area contributed by atoms with Crippen LogP contribution < -0.4 is 0 Å². The summed E-state index contributed by atoms with van der Waals surface area (Å²) in [6, 6.07) is 21.1. The summed E-state index contributed by atoms with van der Waals surface area (Å²) in [6.45, 7) is 0. The Hall–Kier alpha value is -1.89. The summed E-state index contributed by atoms with van der Waals surface area (Å²) in [5, 5.41) is 0. The topological polar surface area (TPSA) is 17.1 Å². The minimum Gasteiger partial charge on any atom is -0.299 e. The molecule has 4 rings (SSSR count). The fourth-order valence-corrected chi connectivity index (χ4v) is 4.77. The zero-order valence-electron chi connectivity index (χ0n) is 12.9. The van der Waals surface area contributed by atoms with Crippen molar-refractivity contribution >= 4 is 5.78 Å². The number of hydrogen-bond donors (Lipinski definition) is 0. The summed E-state index contributed by atoms with van der Waals surface area (Å²) in [6.07, 6.45) is 5.29. The minimum atomic E-state index is -0.161. The molecule has 1 nitrogen and oxygen atoms in total. The van der Waals surface area contributed by atoms with Crippen molar-refractivity contribution in [3.63, 3.8) is 0 Å². The fourth-order valence-electron chi connectivity index (χ4n) is 4.77. The van der Waals surface area contributed by atoms with Gasteiger partial charge in [-0.1, -0.05) is 60.7 Å². The zero-order valence-corrected chi connectivity index (χ0v) is 12.9. The molecule has 2 aromatic carbocycles. The van der Waals surface area contributed by atoms with Crippen molar-refractivity contribution < 1.29 is 4.79 Å². The number of rotatable bonds is 4. The smallest absolute Gasteiger partial charge is 0.143 e. The first-order valence-corrected chi connectivity index (χ1v) is 8.40. The van der Waals surface area contributed by atoms with E-state index in [1.807, 2.05) is 0 Å². The Morgan fingerprint density at radius 1 is 0.818 bits per heavy atom. The first-order chi connectivity index (χ1) is 10.8. The van der Waals surface area contributed by atoms with E-state index < -0.39 is 0 Å². The molecule has 0 saturated heterocycles. The Morgan fingerprint density at radius 2 is 1.36 bits per heavy atom.